The first-order valence-corrected chi connectivity index (χ1v) is 8.80. The van der Waals surface area contributed by atoms with Crippen molar-refractivity contribution in [3.63, 3.8) is 0 Å². The summed E-state index contributed by atoms with van der Waals surface area (Å²) in [5, 5.41) is 3.92. The van der Waals surface area contributed by atoms with E-state index in [4.69, 9.17) is 9.47 Å². The first kappa shape index (κ1) is 15.9. The lowest BCUT2D eigenvalue weighted by Crippen LogP contribution is -2.29. The van der Waals surface area contributed by atoms with Crippen LogP contribution in [0, 0.1) is 6.92 Å². The van der Waals surface area contributed by atoms with Crippen LogP contribution in [0.4, 0.5) is 0 Å². The molecule has 2 heterocycles. The summed E-state index contributed by atoms with van der Waals surface area (Å²) >= 11 is 0. The third-order valence-electron chi connectivity index (χ3n) is 5.55. The lowest BCUT2D eigenvalue weighted by Gasteiger charge is -2.06. The Morgan fingerprint density at radius 1 is 0.926 bits per heavy atom. The molecule has 0 saturated heterocycles. The summed E-state index contributed by atoms with van der Waals surface area (Å²) in [5.41, 5.74) is 3.73. The van der Waals surface area contributed by atoms with Crippen LogP contribution in [-0.4, -0.2) is 18.6 Å². The maximum Gasteiger partial charge on any atom is 0.347 e. The van der Waals surface area contributed by atoms with E-state index in [0.717, 1.165) is 38.2 Å². The van der Waals surface area contributed by atoms with Crippen molar-refractivity contribution >= 4 is 38.2 Å². The van der Waals surface area contributed by atoms with Gasteiger partial charge in [0, 0.05) is 17.5 Å². The maximum absolute atomic E-state index is 13.5. The van der Waals surface area contributed by atoms with Crippen LogP contribution in [0.5, 0.6) is 11.5 Å². The average Bonchev–Trinajstić information content (AvgIpc) is 2.98. The molecular weight excluding hydrogens is 340 g/mol. The minimum absolute atomic E-state index is 0.0217. The van der Waals surface area contributed by atoms with Crippen LogP contribution < -0.4 is 19.6 Å². The molecule has 0 aliphatic heterocycles. The molecule has 5 aromatic rings. The van der Waals surface area contributed by atoms with Crippen molar-refractivity contribution in [3.05, 3.63) is 58.4 Å². The lowest BCUT2D eigenvalue weighted by molar-refractivity contribution is -0.617. The number of imidazole rings is 1. The Balaban J connectivity index is 2.15. The molecule has 0 amide bonds. The molecule has 3 aromatic carbocycles. The number of hydrogen-bond donors (Lipinski definition) is 0. The quantitative estimate of drug-likeness (QED) is 0.454. The maximum atomic E-state index is 13.5. The number of aryl methyl sites for hydroxylation is 2. The van der Waals surface area contributed by atoms with Gasteiger partial charge in [0.25, 0.3) is 5.65 Å². The zero-order valence-corrected chi connectivity index (χ0v) is 15.7. The average molecular weight is 359 g/mol. The molecule has 0 N–H and O–H groups in total. The molecule has 0 atom stereocenters. The van der Waals surface area contributed by atoms with E-state index in [9.17, 15) is 4.79 Å². The Labute approximate surface area is 155 Å². The Kier molecular flexibility index (Phi) is 3.13. The van der Waals surface area contributed by atoms with Crippen molar-refractivity contribution in [1.29, 1.82) is 0 Å². The monoisotopic (exact) mass is 359 g/mol. The van der Waals surface area contributed by atoms with Crippen LogP contribution in [-0.2, 0) is 7.05 Å². The second-order valence-electron chi connectivity index (χ2n) is 6.88. The highest BCUT2D eigenvalue weighted by Crippen LogP contribution is 2.34. The smallest absolute Gasteiger partial charge is 0.347 e. The highest BCUT2D eigenvalue weighted by molar-refractivity contribution is 6.15. The SMILES string of the molecule is COc1cc2c(cc1OC)[n+](C)c1c3ccc(C)c4cccc(c(=O)n21)c43. The van der Waals surface area contributed by atoms with Gasteiger partial charge in [-0.1, -0.05) is 18.2 Å². The number of rotatable bonds is 2. The van der Waals surface area contributed by atoms with E-state index in [-0.39, 0.29) is 5.56 Å². The lowest BCUT2D eigenvalue weighted by atomic mass is 9.99. The van der Waals surface area contributed by atoms with Crippen LogP contribution in [0.3, 0.4) is 0 Å². The summed E-state index contributed by atoms with van der Waals surface area (Å²) in [5.74, 6) is 1.24. The number of methoxy groups -OCH3 is 2. The van der Waals surface area contributed by atoms with Crippen LogP contribution in [0.1, 0.15) is 5.56 Å². The van der Waals surface area contributed by atoms with E-state index in [1.807, 2.05) is 31.3 Å². The molecule has 0 spiro atoms. The van der Waals surface area contributed by atoms with Crippen molar-refractivity contribution in [3.8, 4) is 11.5 Å². The molecule has 5 rings (SSSR count). The molecule has 5 nitrogen and oxygen atoms in total. The van der Waals surface area contributed by atoms with Crippen molar-refractivity contribution < 1.29 is 14.0 Å². The molecule has 5 heteroatoms. The normalized spacial score (nSPS) is 11.9. The molecule has 0 bridgehead atoms. The van der Waals surface area contributed by atoms with Gasteiger partial charge in [-0.25, -0.2) is 9.36 Å². The van der Waals surface area contributed by atoms with Crippen molar-refractivity contribution in [2.45, 2.75) is 6.92 Å². The van der Waals surface area contributed by atoms with Crippen LogP contribution in [0.25, 0.3) is 38.2 Å². The van der Waals surface area contributed by atoms with Gasteiger partial charge in [0.2, 0.25) is 0 Å². The summed E-state index contributed by atoms with van der Waals surface area (Å²) in [6.07, 6.45) is 0. The molecule has 0 unspecified atom stereocenters. The summed E-state index contributed by atoms with van der Waals surface area (Å²) in [7, 11) is 5.20. The Morgan fingerprint density at radius 3 is 2.37 bits per heavy atom. The Hall–Kier alpha value is -3.34. The molecule has 27 heavy (non-hydrogen) atoms. The Bertz CT molecular complexity index is 1430. The highest BCUT2D eigenvalue weighted by atomic mass is 16.5. The molecular formula is C22H19N2O3+. The first-order valence-electron chi connectivity index (χ1n) is 8.80. The summed E-state index contributed by atoms with van der Waals surface area (Å²) in [6.45, 7) is 2.08. The summed E-state index contributed by atoms with van der Waals surface area (Å²) in [6, 6.07) is 13.9. The second kappa shape index (κ2) is 5.33. The molecule has 2 aromatic heterocycles. The van der Waals surface area contributed by atoms with E-state index < -0.39 is 0 Å². The van der Waals surface area contributed by atoms with Gasteiger partial charge in [-0.05, 0) is 30.0 Å². The zero-order valence-electron chi connectivity index (χ0n) is 15.7. The van der Waals surface area contributed by atoms with Crippen molar-refractivity contribution in [2.24, 2.45) is 7.05 Å². The number of fused-ring (bicyclic) bond motifs is 4. The van der Waals surface area contributed by atoms with Gasteiger partial charge in [0.15, 0.2) is 22.5 Å². The molecule has 0 radical (unpaired) electrons. The van der Waals surface area contributed by atoms with Crippen molar-refractivity contribution in [2.75, 3.05) is 14.2 Å². The van der Waals surface area contributed by atoms with Gasteiger partial charge in [0.05, 0.1) is 32.0 Å². The molecule has 0 aliphatic carbocycles. The summed E-state index contributed by atoms with van der Waals surface area (Å²) in [4.78, 5) is 13.5. The van der Waals surface area contributed by atoms with Gasteiger partial charge < -0.3 is 9.47 Å². The van der Waals surface area contributed by atoms with E-state index in [0.29, 0.717) is 11.5 Å². The Morgan fingerprint density at radius 2 is 1.63 bits per heavy atom. The number of ether oxygens (including phenoxy) is 2. The van der Waals surface area contributed by atoms with E-state index in [1.165, 1.54) is 5.56 Å². The van der Waals surface area contributed by atoms with E-state index >= 15 is 0 Å². The molecule has 134 valence electrons. The van der Waals surface area contributed by atoms with E-state index in [1.54, 1.807) is 18.6 Å². The molecule has 0 fully saturated rings. The number of aromatic nitrogens is 2. The second-order valence-corrected chi connectivity index (χ2v) is 6.88. The summed E-state index contributed by atoms with van der Waals surface area (Å²) < 4.78 is 14.8. The predicted molar refractivity (Wildman–Crippen MR) is 106 cm³/mol. The fourth-order valence-corrected chi connectivity index (χ4v) is 4.23. The topological polar surface area (TPSA) is 43.8 Å². The highest BCUT2D eigenvalue weighted by Gasteiger charge is 2.26. The van der Waals surface area contributed by atoms with Gasteiger partial charge in [-0.3, -0.25) is 0 Å². The number of benzene rings is 3. The van der Waals surface area contributed by atoms with E-state index in [2.05, 4.69) is 29.7 Å². The fraction of sp³-hybridized carbons (Fsp3) is 0.182. The predicted octanol–water partition coefficient (Wildman–Crippen LogP) is 3.35. The molecule has 0 saturated carbocycles. The number of nitrogens with zero attached hydrogens (tertiary/aromatic N) is 2. The largest absolute Gasteiger partial charge is 0.493 e. The third-order valence-corrected chi connectivity index (χ3v) is 5.55. The van der Waals surface area contributed by atoms with Crippen molar-refractivity contribution in [1.82, 2.24) is 4.40 Å². The fourth-order valence-electron chi connectivity index (χ4n) is 4.23. The van der Waals surface area contributed by atoms with Gasteiger partial charge >= 0.3 is 5.56 Å². The van der Waals surface area contributed by atoms with Crippen LogP contribution in [0.2, 0.25) is 0 Å². The van der Waals surface area contributed by atoms with Gasteiger partial charge in [0.1, 0.15) is 0 Å². The minimum Gasteiger partial charge on any atom is -0.493 e. The van der Waals surface area contributed by atoms with Gasteiger partial charge in [-0.2, -0.15) is 4.40 Å². The number of pyridine rings is 1. The van der Waals surface area contributed by atoms with Crippen LogP contribution >= 0.6 is 0 Å². The number of hydrogen-bond acceptors (Lipinski definition) is 3. The standard InChI is InChI=1S/C22H19N2O3/c1-12-8-9-14-20-13(12)6-5-7-15(20)22(25)24-17-11-19(27-4)18(26-3)10-16(17)23(2)21(14)24/h5-11H,1-4H3/q+1. The van der Waals surface area contributed by atoms with Crippen LogP contribution in [0.15, 0.2) is 47.3 Å². The molecule has 0 aliphatic rings. The first-order chi connectivity index (χ1) is 13.1. The van der Waals surface area contributed by atoms with Gasteiger partial charge in [-0.15, -0.1) is 0 Å². The minimum atomic E-state index is -0.0217. The third kappa shape index (κ3) is 1.88. The zero-order chi connectivity index (χ0) is 18.9.